The molecule has 1 heterocycles. The van der Waals surface area contributed by atoms with E-state index in [1.165, 1.54) is 24.5 Å². The van der Waals surface area contributed by atoms with Crippen molar-refractivity contribution in [3.63, 3.8) is 0 Å². The van der Waals surface area contributed by atoms with Crippen molar-refractivity contribution in [3.05, 3.63) is 30.1 Å². The molecule has 0 aromatic carbocycles. The van der Waals surface area contributed by atoms with Crippen molar-refractivity contribution in [2.24, 2.45) is 0 Å². The molecule has 0 aliphatic rings. The fourth-order valence-electron chi connectivity index (χ4n) is 1.17. The quantitative estimate of drug-likeness (QED) is 0.767. The molecule has 18 heavy (non-hydrogen) atoms. The minimum Gasteiger partial charge on any atom is -0.410 e. The molecule has 0 spiro atoms. The van der Waals surface area contributed by atoms with Crippen LogP contribution in [0.5, 0.6) is 0 Å². The summed E-state index contributed by atoms with van der Waals surface area (Å²) < 4.78 is 33.5. The molecule has 0 fully saturated rings. The van der Waals surface area contributed by atoms with Crippen LogP contribution in [0.4, 0.5) is 8.78 Å². The first-order valence-corrected chi connectivity index (χ1v) is 8.89. The molecule has 0 bridgehead atoms. The fraction of sp³-hybridized carbons (Fsp3) is 0.615. The average Bonchev–Trinajstić information content (AvgIpc) is 2.26. The molecule has 102 valence electrons. The zero-order chi connectivity index (χ0) is 14.0. The molecule has 2 nitrogen and oxygen atoms in total. The Balaban J connectivity index is 2.74. The molecule has 0 atom stereocenters. The summed E-state index contributed by atoms with van der Waals surface area (Å²) in [5.41, 5.74) is -0.0452. The van der Waals surface area contributed by atoms with Crippen LogP contribution < -0.4 is 0 Å². The van der Waals surface area contributed by atoms with Gasteiger partial charge in [0.15, 0.2) is 8.32 Å². The zero-order valence-electron chi connectivity index (χ0n) is 11.6. The molecule has 0 saturated heterocycles. The molecule has 0 N–H and O–H groups in total. The van der Waals surface area contributed by atoms with Crippen molar-refractivity contribution in [1.29, 1.82) is 0 Å². The van der Waals surface area contributed by atoms with Gasteiger partial charge in [-0.05, 0) is 30.3 Å². The summed E-state index contributed by atoms with van der Waals surface area (Å²) >= 11 is 0. The first-order valence-electron chi connectivity index (χ1n) is 5.98. The van der Waals surface area contributed by atoms with E-state index in [0.717, 1.165) is 0 Å². The van der Waals surface area contributed by atoms with Crippen molar-refractivity contribution >= 4 is 8.32 Å². The Kier molecular flexibility index (Phi) is 4.28. The van der Waals surface area contributed by atoms with E-state index < -0.39 is 20.8 Å². The molecule has 1 aromatic rings. The van der Waals surface area contributed by atoms with Gasteiger partial charge in [0.25, 0.3) is 5.92 Å². The van der Waals surface area contributed by atoms with Gasteiger partial charge < -0.3 is 4.43 Å². The molecule has 0 aliphatic heterocycles. The minimum absolute atomic E-state index is 0.0452. The summed E-state index contributed by atoms with van der Waals surface area (Å²) in [6.45, 7) is 9.47. The van der Waals surface area contributed by atoms with Gasteiger partial charge in [-0.1, -0.05) is 20.8 Å². The predicted molar refractivity (Wildman–Crippen MR) is 71.3 cm³/mol. The summed E-state index contributed by atoms with van der Waals surface area (Å²) in [7, 11) is -2.14. The van der Waals surface area contributed by atoms with E-state index in [9.17, 15) is 8.78 Å². The van der Waals surface area contributed by atoms with Crippen LogP contribution >= 0.6 is 0 Å². The molecule has 0 aliphatic carbocycles. The lowest BCUT2D eigenvalue weighted by molar-refractivity contribution is -0.0509. The fourth-order valence-corrected chi connectivity index (χ4v) is 2.14. The van der Waals surface area contributed by atoms with E-state index in [1.807, 2.05) is 33.9 Å². The highest BCUT2D eigenvalue weighted by Crippen LogP contribution is 2.38. The van der Waals surface area contributed by atoms with E-state index in [1.54, 1.807) is 0 Å². The molecule has 1 aromatic heterocycles. The highest BCUT2D eigenvalue weighted by molar-refractivity contribution is 6.74. The lowest BCUT2D eigenvalue weighted by Gasteiger charge is -2.37. The van der Waals surface area contributed by atoms with Gasteiger partial charge in [0.2, 0.25) is 0 Å². The average molecular weight is 273 g/mol. The number of hydrogen-bond acceptors (Lipinski definition) is 2. The maximum absolute atomic E-state index is 13.9. The number of nitrogens with zero attached hydrogens (tertiary/aromatic N) is 1. The molecule has 1 rings (SSSR count). The summed E-state index contributed by atoms with van der Waals surface area (Å²) in [6.07, 6.45) is 2.74. The highest BCUT2D eigenvalue weighted by Gasteiger charge is 2.41. The number of aromatic nitrogens is 1. The van der Waals surface area contributed by atoms with Gasteiger partial charge in [-0.2, -0.15) is 8.78 Å². The van der Waals surface area contributed by atoms with Gasteiger partial charge in [0.05, 0.1) is 0 Å². The van der Waals surface area contributed by atoms with Gasteiger partial charge in [-0.15, -0.1) is 0 Å². The lowest BCUT2D eigenvalue weighted by atomic mass is 10.1. The van der Waals surface area contributed by atoms with Gasteiger partial charge in [0, 0.05) is 18.0 Å². The monoisotopic (exact) mass is 273 g/mol. The summed E-state index contributed by atoms with van der Waals surface area (Å²) in [5.74, 6) is -2.96. The standard InChI is InChI=1S/C13H21F2NOSi/c1-12(2,3)18(4,5)17-10-13(14,15)11-6-8-16-9-7-11/h6-9H,10H2,1-5H3. The molecular weight excluding hydrogens is 252 g/mol. The maximum atomic E-state index is 13.9. The largest absolute Gasteiger partial charge is 0.410 e. The Morgan fingerprint density at radius 3 is 2.11 bits per heavy atom. The van der Waals surface area contributed by atoms with Gasteiger partial charge in [-0.25, -0.2) is 0 Å². The Bertz CT molecular complexity index is 388. The summed E-state index contributed by atoms with van der Waals surface area (Å²) in [5, 5.41) is -0.0681. The van der Waals surface area contributed by atoms with E-state index >= 15 is 0 Å². The normalized spacial score (nSPS) is 13.7. The predicted octanol–water partition coefficient (Wildman–Crippen LogP) is 4.20. The molecule has 0 radical (unpaired) electrons. The van der Waals surface area contributed by atoms with Crippen LogP contribution in [0.15, 0.2) is 24.5 Å². The van der Waals surface area contributed by atoms with Crippen LogP contribution in [-0.4, -0.2) is 19.9 Å². The van der Waals surface area contributed by atoms with Crippen LogP contribution in [0.3, 0.4) is 0 Å². The third kappa shape index (κ3) is 3.59. The highest BCUT2D eigenvalue weighted by atomic mass is 28.4. The van der Waals surface area contributed by atoms with Gasteiger partial charge in [0.1, 0.15) is 6.61 Å². The second kappa shape index (κ2) is 5.05. The molecule has 0 saturated carbocycles. The Morgan fingerprint density at radius 2 is 1.67 bits per heavy atom. The van der Waals surface area contributed by atoms with Crippen LogP contribution in [0.25, 0.3) is 0 Å². The zero-order valence-corrected chi connectivity index (χ0v) is 12.6. The number of rotatable bonds is 4. The van der Waals surface area contributed by atoms with Crippen molar-refractivity contribution in [3.8, 4) is 0 Å². The topological polar surface area (TPSA) is 22.1 Å². The summed E-state index contributed by atoms with van der Waals surface area (Å²) in [4.78, 5) is 3.74. The molecular formula is C13H21F2NOSi. The minimum atomic E-state index is -2.96. The van der Waals surface area contributed by atoms with Crippen LogP contribution in [0.2, 0.25) is 18.1 Å². The molecule has 0 amide bonds. The maximum Gasteiger partial charge on any atom is 0.294 e. The number of hydrogen-bond donors (Lipinski definition) is 0. The van der Waals surface area contributed by atoms with Crippen molar-refractivity contribution < 1.29 is 13.2 Å². The first-order chi connectivity index (χ1) is 8.06. The third-order valence-electron chi connectivity index (χ3n) is 3.52. The second-order valence-electron chi connectivity index (χ2n) is 5.99. The SMILES string of the molecule is CC(C)(C)[Si](C)(C)OCC(F)(F)c1ccncc1. The smallest absolute Gasteiger partial charge is 0.294 e. The van der Waals surface area contributed by atoms with Gasteiger partial charge >= 0.3 is 0 Å². The summed E-state index contributed by atoms with van der Waals surface area (Å²) in [6, 6.07) is 2.66. The van der Waals surface area contributed by atoms with Crippen LogP contribution in [-0.2, 0) is 10.3 Å². The third-order valence-corrected chi connectivity index (χ3v) is 8.00. The van der Waals surface area contributed by atoms with Crippen molar-refractivity contribution in [2.45, 2.75) is 44.8 Å². The van der Waals surface area contributed by atoms with Crippen LogP contribution in [0.1, 0.15) is 26.3 Å². The Labute approximate surface area is 109 Å². The van der Waals surface area contributed by atoms with Crippen LogP contribution in [0, 0.1) is 0 Å². The van der Waals surface area contributed by atoms with Crippen molar-refractivity contribution in [1.82, 2.24) is 4.98 Å². The first kappa shape index (κ1) is 15.2. The Hall–Kier alpha value is -0.813. The van der Waals surface area contributed by atoms with E-state index in [4.69, 9.17) is 4.43 Å². The Morgan fingerprint density at radius 1 is 1.17 bits per heavy atom. The number of halogens is 2. The second-order valence-corrected chi connectivity index (χ2v) is 10.8. The van der Waals surface area contributed by atoms with Crippen molar-refractivity contribution in [2.75, 3.05) is 6.61 Å². The molecule has 0 unspecified atom stereocenters. The number of alkyl halides is 2. The lowest BCUT2D eigenvalue weighted by Crippen LogP contribution is -2.43. The molecule has 5 heteroatoms. The number of pyridine rings is 1. The van der Waals surface area contributed by atoms with E-state index in [0.29, 0.717) is 0 Å². The van der Waals surface area contributed by atoms with E-state index in [2.05, 4.69) is 4.98 Å². The van der Waals surface area contributed by atoms with Gasteiger partial charge in [-0.3, -0.25) is 4.98 Å². The van der Waals surface area contributed by atoms with E-state index in [-0.39, 0.29) is 10.6 Å².